The van der Waals surface area contributed by atoms with Crippen molar-refractivity contribution >= 4 is 0 Å². The van der Waals surface area contributed by atoms with Crippen molar-refractivity contribution in [1.29, 1.82) is 0 Å². The molecule has 1 aromatic heterocycles. The third-order valence-electron chi connectivity index (χ3n) is 5.84. The molecule has 0 aliphatic heterocycles. The zero-order valence-electron chi connectivity index (χ0n) is 18.0. The van der Waals surface area contributed by atoms with Crippen LogP contribution in [0.1, 0.15) is 22.3 Å². The Morgan fingerprint density at radius 1 is 0.552 bits per heavy atom. The molecule has 0 fully saturated rings. The molecule has 144 valence electrons. The molecule has 0 amide bonds. The average molecular weight is 379 g/mol. The van der Waals surface area contributed by atoms with Gasteiger partial charge < -0.3 is 0 Å². The molecule has 0 N–H and O–H groups in total. The van der Waals surface area contributed by atoms with Gasteiger partial charge in [-0.15, -0.1) is 0 Å². The molecule has 4 rings (SSSR count). The van der Waals surface area contributed by atoms with Crippen LogP contribution in [0, 0.1) is 27.7 Å². The van der Waals surface area contributed by atoms with Crippen LogP contribution in [-0.2, 0) is 7.05 Å². The van der Waals surface area contributed by atoms with E-state index in [-0.39, 0.29) is 0 Å². The number of benzene rings is 3. The van der Waals surface area contributed by atoms with Gasteiger partial charge in [0.1, 0.15) is 7.05 Å². The molecule has 0 radical (unpaired) electrons. The van der Waals surface area contributed by atoms with Gasteiger partial charge in [-0.25, -0.2) is 4.57 Å². The average Bonchev–Trinajstić information content (AvgIpc) is 2.71. The second kappa shape index (κ2) is 7.67. The number of nitrogens with zero attached hydrogens (tertiary/aromatic N) is 1. The lowest BCUT2D eigenvalue weighted by atomic mass is 9.91. The zero-order valence-corrected chi connectivity index (χ0v) is 18.0. The lowest BCUT2D eigenvalue weighted by Gasteiger charge is -2.14. The van der Waals surface area contributed by atoms with Gasteiger partial charge in [0.2, 0.25) is 5.69 Å². The van der Waals surface area contributed by atoms with E-state index in [1.165, 1.54) is 55.8 Å². The summed E-state index contributed by atoms with van der Waals surface area (Å²) in [5, 5.41) is 0. The summed E-state index contributed by atoms with van der Waals surface area (Å²) in [6.45, 7) is 8.81. The Labute approximate surface area is 174 Å². The van der Waals surface area contributed by atoms with E-state index in [1.54, 1.807) is 0 Å². The third-order valence-corrected chi connectivity index (χ3v) is 5.84. The first-order chi connectivity index (χ1) is 14.0. The lowest BCUT2D eigenvalue weighted by Crippen LogP contribution is -2.31. The van der Waals surface area contributed by atoms with Crippen molar-refractivity contribution in [3.05, 3.63) is 101 Å². The number of hydrogen-bond acceptors (Lipinski definition) is 0. The minimum absolute atomic E-state index is 1.24. The molecule has 0 atom stereocenters. The van der Waals surface area contributed by atoms with Gasteiger partial charge in [-0.05, 0) is 72.7 Å². The van der Waals surface area contributed by atoms with Gasteiger partial charge in [0.15, 0.2) is 6.20 Å². The van der Waals surface area contributed by atoms with Gasteiger partial charge >= 0.3 is 0 Å². The van der Waals surface area contributed by atoms with Crippen LogP contribution in [0.2, 0.25) is 0 Å². The van der Waals surface area contributed by atoms with E-state index in [9.17, 15) is 0 Å². The highest BCUT2D eigenvalue weighted by Gasteiger charge is 2.19. The van der Waals surface area contributed by atoms with Crippen LogP contribution >= 0.6 is 0 Å². The molecule has 0 aliphatic rings. The van der Waals surface area contributed by atoms with Gasteiger partial charge in [-0.3, -0.25) is 0 Å². The van der Waals surface area contributed by atoms with E-state index in [1.807, 2.05) is 0 Å². The molecule has 4 aromatic rings. The van der Waals surface area contributed by atoms with Crippen molar-refractivity contribution in [3.8, 4) is 33.5 Å². The number of pyridine rings is 1. The maximum Gasteiger partial charge on any atom is 0.213 e. The fourth-order valence-corrected chi connectivity index (χ4v) is 4.27. The van der Waals surface area contributed by atoms with Gasteiger partial charge in [0, 0.05) is 17.2 Å². The van der Waals surface area contributed by atoms with E-state index >= 15 is 0 Å². The third kappa shape index (κ3) is 3.61. The zero-order chi connectivity index (χ0) is 20.5. The molecule has 1 nitrogen and oxygen atoms in total. The summed E-state index contributed by atoms with van der Waals surface area (Å²) in [5.74, 6) is 0. The van der Waals surface area contributed by atoms with E-state index in [0.29, 0.717) is 0 Å². The molecule has 1 heterocycles. The van der Waals surface area contributed by atoms with Crippen molar-refractivity contribution in [2.45, 2.75) is 27.7 Å². The van der Waals surface area contributed by atoms with Gasteiger partial charge in [-0.1, -0.05) is 60.7 Å². The highest BCUT2D eigenvalue weighted by molar-refractivity contribution is 5.78. The first-order valence-corrected chi connectivity index (χ1v) is 10.2. The van der Waals surface area contributed by atoms with E-state index < -0.39 is 0 Å². The molecular formula is C28H28N+. The van der Waals surface area contributed by atoms with Crippen LogP contribution in [0.3, 0.4) is 0 Å². The van der Waals surface area contributed by atoms with Crippen LogP contribution in [0.15, 0.2) is 79.0 Å². The molecule has 3 aromatic carbocycles. The largest absolute Gasteiger partial charge is 0.213 e. The molecule has 29 heavy (non-hydrogen) atoms. The fourth-order valence-electron chi connectivity index (χ4n) is 4.27. The maximum absolute atomic E-state index is 2.36. The number of rotatable bonds is 3. The number of aryl methyl sites for hydroxylation is 5. The summed E-state index contributed by atoms with van der Waals surface area (Å²) < 4.78 is 2.25. The molecule has 0 spiro atoms. The molecular weight excluding hydrogens is 350 g/mol. The normalized spacial score (nSPS) is 10.9. The number of aromatic nitrogens is 1. The van der Waals surface area contributed by atoms with Crippen molar-refractivity contribution in [2.24, 2.45) is 7.05 Å². The highest BCUT2D eigenvalue weighted by atomic mass is 14.9. The molecule has 1 heteroatoms. The Kier molecular flexibility index (Phi) is 5.07. The monoisotopic (exact) mass is 378 g/mol. The Morgan fingerprint density at radius 2 is 1.24 bits per heavy atom. The molecule has 0 saturated carbocycles. The Morgan fingerprint density at radius 3 is 1.93 bits per heavy atom. The molecule has 0 saturated heterocycles. The fraction of sp³-hybridized carbons (Fsp3) is 0.179. The second-order valence-corrected chi connectivity index (χ2v) is 8.03. The first kappa shape index (κ1) is 19.1. The van der Waals surface area contributed by atoms with Crippen LogP contribution in [0.4, 0.5) is 0 Å². The van der Waals surface area contributed by atoms with Gasteiger partial charge in [0.25, 0.3) is 0 Å². The van der Waals surface area contributed by atoms with Gasteiger partial charge in [-0.2, -0.15) is 0 Å². The smallest absolute Gasteiger partial charge is 0.201 e. The predicted molar refractivity (Wildman–Crippen MR) is 123 cm³/mol. The quantitative estimate of drug-likeness (QED) is 0.347. The predicted octanol–water partition coefficient (Wildman–Crippen LogP) is 6.75. The SMILES string of the molecule is Cc1c[n+](C)c(-c2cc(-c3ccccc3)ccc2C)cc1-c1c(C)cccc1C. The van der Waals surface area contributed by atoms with Gasteiger partial charge in [0.05, 0.1) is 0 Å². The Hall–Kier alpha value is -3.19. The van der Waals surface area contributed by atoms with Crippen molar-refractivity contribution < 1.29 is 4.57 Å². The van der Waals surface area contributed by atoms with E-state index in [4.69, 9.17) is 0 Å². The minimum Gasteiger partial charge on any atom is -0.201 e. The summed E-state index contributed by atoms with van der Waals surface area (Å²) in [6.07, 6.45) is 2.26. The number of hydrogen-bond donors (Lipinski definition) is 0. The molecule has 0 aliphatic carbocycles. The first-order valence-electron chi connectivity index (χ1n) is 10.2. The standard InChI is InChI=1S/C28H28N/c1-19-14-15-24(23-12-7-6-8-13-23)16-25(19)27-17-26(22(4)18-29(27)5)28-20(2)10-9-11-21(28)3/h6-18H,1-5H3/q+1. The molecule has 0 unspecified atom stereocenters. The van der Waals surface area contributed by atoms with Crippen molar-refractivity contribution in [1.82, 2.24) is 0 Å². The van der Waals surface area contributed by atoms with E-state index in [0.717, 1.165) is 0 Å². The summed E-state index contributed by atoms with van der Waals surface area (Å²) in [5.41, 5.74) is 12.9. The molecule has 0 bridgehead atoms. The highest BCUT2D eigenvalue weighted by Crippen LogP contribution is 2.34. The summed E-state index contributed by atoms with van der Waals surface area (Å²) >= 11 is 0. The van der Waals surface area contributed by atoms with E-state index in [2.05, 4.69) is 118 Å². The van der Waals surface area contributed by atoms with Crippen molar-refractivity contribution in [2.75, 3.05) is 0 Å². The maximum atomic E-state index is 2.36. The minimum atomic E-state index is 1.24. The lowest BCUT2D eigenvalue weighted by molar-refractivity contribution is -0.660. The van der Waals surface area contributed by atoms with Crippen LogP contribution in [0.5, 0.6) is 0 Å². The van der Waals surface area contributed by atoms with Crippen LogP contribution in [-0.4, -0.2) is 0 Å². The summed E-state index contributed by atoms with van der Waals surface area (Å²) in [6, 6.07) is 26.3. The Bertz CT molecular complexity index is 1170. The van der Waals surface area contributed by atoms with Crippen LogP contribution < -0.4 is 4.57 Å². The Balaban J connectivity index is 1.93. The topological polar surface area (TPSA) is 3.88 Å². The second-order valence-electron chi connectivity index (χ2n) is 8.03. The van der Waals surface area contributed by atoms with Crippen LogP contribution in [0.25, 0.3) is 33.5 Å². The van der Waals surface area contributed by atoms with Crippen molar-refractivity contribution in [3.63, 3.8) is 0 Å². The summed E-state index contributed by atoms with van der Waals surface area (Å²) in [7, 11) is 2.14. The summed E-state index contributed by atoms with van der Waals surface area (Å²) in [4.78, 5) is 0.